The Bertz CT molecular complexity index is 1100. The summed E-state index contributed by atoms with van der Waals surface area (Å²) in [5.74, 6) is -0.772. The van der Waals surface area contributed by atoms with E-state index in [1.165, 1.54) is 30.3 Å². The number of phenolic OH excluding ortho intramolecular Hbond substituents is 1. The fourth-order valence-electron chi connectivity index (χ4n) is 2.28. The number of nitro benzene ring substituents is 2. The molecule has 0 atom stereocenters. The van der Waals surface area contributed by atoms with Gasteiger partial charge in [-0.2, -0.15) is 10.1 Å². The standard InChI is InChI=1S/C17H10N4O6S2/c22-14-6-5-13(21(26)27)8-11(14)9-18-19-16(23)15(29-17(19)28)7-10-1-3-12(4-2-10)20(24)25/h1-9,22H. The van der Waals surface area contributed by atoms with E-state index in [2.05, 4.69) is 5.10 Å². The van der Waals surface area contributed by atoms with Crippen LogP contribution in [0.3, 0.4) is 0 Å². The van der Waals surface area contributed by atoms with Gasteiger partial charge < -0.3 is 5.11 Å². The van der Waals surface area contributed by atoms with Crippen molar-refractivity contribution in [2.45, 2.75) is 0 Å². The molecule has 1 heterocycles. The van der Waals surface area contributed by atoms with Crippen molar-refractivity contribution in [2.24, 2.45) is 5.10 Å². The second-order valence-corrected chi connectivity index (χ2v) is 7.26. The molecule has 0 spiro atoms. The van der Waals surface area contributed by atoms with Crippen LogP contribution in [0.1, 0.15) is 11.1 Å². The Labute approximate surface area is 172 Å². The third kappa shape index (κ3) is 4.44. The molecule has 146 valence electrons. The SMILES string of the molecule is O=C1C(=Cc2ccc([N+](=O)[O-])cc2)SC(=S)N1N=Cc1cc([N+](=O)[O-])ccc1O. The van der Waals surface area contributed by atoms with Crippen molar-refractivity contribution in [3.63, 3.8) is 0 Å². The van der Waals surface area contributed by atoms with Crippen LogP contribution in [0.4, 0.5) is 11.4 Å². The normalized spacial score (nSPS) is 15.4. The number of thioether (sulfide) groups is 1. The number of thiocarbonyl (C=S) groups is 1. The smallest absolute Gasteiger partial charge is 0.286 e. The highest BCUT2D eigenvalue weighted by Gasteiger charge is 2.32. The van der Waals surface area contributed by atoms with Gasteiger partial charge in [-0.25, -0.2) is 0 Å². The van der Waals surface area contributed by atoms with Crippen LogP contribution in [0, 0.1) is 20.2 Å². The molecule has 2 aromatic carbocycles. The highest BCUT2D eigenvalue weighted by molar-refractivity contribution is 8.26. The van der Waals surface area contributed by atoms with Crippen LogP contribution < -0.4 is 0 Å². The van der Waals surface area contributed by atoms with E-state index in [1.807, 2.05) is 0 Å². The van der Waals surface area contributed by atoms with Gasteiger partial charge in [0.2, 0.25) is 0 Å². The van der Waals surface area contributed by atoms with Gasteiger partial charge in [0.15, 0.2) is 4.32 Å². The zero-order chi connectivity index (χ0) is 21.1. The minimum absolute atomic E-state index is 0.0487. The Kier molecular flexibility index (Phi) is 5.66. The molecular formula is C17H10N4O6S2. The molecule has 1 aliphatic heterocycles. The van der Waals surface area contributed by atoms with Crippen LogP contribution in [0.25, 0.3) is 6.08 Å². The van der Waals surface area contributed by atoms with Crippen molar-refractivity contribution in [3.8, 4) is 5.75 Å². The van der Waals surface area contributed by atoms with Crippen LogP contribution in [-0.4, -0.2) is 36.4 Å². The van der Waals surface area contributed by atoms with Gasteiger partial charge in [-0.1, -0.05) is 11.8 Å². The second-order valence-electron chi connectivity index (χ2n) is 5.59. The predicted molar refractivity (Wildman–Crippen MR) is 110 cm³/mol. The van der Waals surface area contributed by atoms with Crippen LogP contribution in [0.15, 0.2) is 52.5 Å². The number of hydrogen-bond acceptors (Lipinski definition) is 9. The summed E-state index contributed by atoms with van der Waals surface area (Å²) < 4.78 is 0.129. The third-order valence-corrected chi connectivity index (χ3v) is 4.99. The molecule has 3 rings (SSSR count). The summed E-state index contributed by atoms with van der Waals surface area (Å²) in [5.41, 5.74) is 0.299. The fourth-order valence-corrected chi connectivity index (χ4v) is 3.45. The number of nitro groups is 2. The number of aromatic hydroxyl groups is 1. The maximum Gasteiger partial charge on any atom is 0.286 e. The van der Waals surface area contributed by atoms with Crippen molar-refractivity contribution in [2.75, 3.05) is 0 Å². The lowest BCUT2D eigenvalue weighted by Gasteiger charge is -2.06. The number of carbonyl (C=O) groups is 1. The molecular weight excluding hydrogens is 420 g/mol. The zero-order valence-electron chi connectivity index (χ0n) is 14.3. The monoisotopic (exact) mass is 430 g/mol. The van der Waals surface area contributed by atoms with E-state index >= 15 is 0 Å². The molecule has 12 heteroatoms. The van der Waals surface area contributed by atoms with E-state index in [1.54, 1.807) is 0 Å². The maximum atomic E-state index is 12.5. The highest BCUT2D eigenvalue weighted by Crippen LogP contribution is 2.33. The van der Waals surface area contributed by atoms with Crippen molar-refractivity contribution >= 4 is 57.9 Å². The molecule has 0 aliphatic carbocycles. The van der Waals surface area contributed by atoms with E-state index < -0.39 is 15.8 Å². The molecule has 0 saturated carbocycles. The van der Waals surface area contributed by atoms with Gasteiger partial charge in [0.25, 0.3) is 17.3 Å². The molecule has 0 radical (unpaired) electrons. The number of amides is 1. The molecule has 29 heavy (non-hydrogen) atoms. The molecule has 2 aromatic rings. The summed E-state index contributed by atoms with van der Waals surface area (Å²) in [7, 11) is 0. The summed E-state index contributed by atoms with van der Waals surface area (Å²) in [6.07, 6.45) is 2.62. The number of nitrogens with zero attached hydrogens (tertiary/aromatic N) is 4. The largest absolute Gasteiger partial charge is 0.507 e. The van der Waals surface area contributed by atoms with Gasteiger partial charge in [-0.3, -0.25) is 25.0 Å². The summed E-state index contributed by atoms with van der Waals surface area (Å²) >= 11 is 6.12. The molecule has 1 N–H and O–H groups in total. The number of carbonyl (C=O) groups excluding carboxylic acids is 1. The van der Waals surface area contributed by atoms with Crippen molar-refractivity contribution in [3.05, 3.63) is 78.7 Å². The summed E-state index contributed by atoms with van der Waals surface area (Å²) in [5, 5.41) is 36.2. The van der Waals surface area contributed by atoms with Crippen LogP contribution in [0.5, 0.6) is 5.75 Å². The van der Waals surface area contributed by atoms with E-state index in [0.29, 0.717) is 5.56 Å². The number of benzene rings is 2. The van der Waals surface area contributed by atoms with Crippen LogP contribution in [0.2, 0.25) is 0 Å². The van der Waals surface area contributed by atoms with Gasteiger partial charge in [0.05, 0.1) is 21.0 Å². The molecule has 1 aliphatic rings. The van der Waals surface area contributed by atoms with Gasteiger partial charge in [-0.15, -0.1) is 0 Å². The Morgan fingerprint density at radius 2 is 1.69 bits per heavy atom. The van der Waals surface area contributed by atoms with Crippen molar-refractivity contribution in [1.82, 2.24) is 5.01 Å². The van der Waals surface area contributed by atoms with E-state index in [9.17, 15) is 30.1 Å². The van der Waals surface area contributed by atoms with Crippen LogP contribution in [-0.2, 0) is 4.79 Å². The zero-order valence-corrected chi connectivity index (χ0v) is 15.9. The molecule has 10 nitrogen and oxygen atoms in total. The third-order valence-electron chi connectivity index (χ3n) is 3.71. The predicted octanol–water partition coefficient (Wildman–Crippen LogP) is 3.44. The first-order valence-corrected chi connectivity index (χ1v) is 9.02. The van der Waals surface area contributed by atoms with E-state index in [4.69, 9.17) is 12.2 Å². The number of hydrazone groups is 1. The van der Waals surface area contributed by atoms with Crippen molar-refractivity contribution < 1.29 is 19.7 Å². The number of non-ortho nitro benzene ring substituents is 2. The number of phenols is 1. The molecule has 1 saturated heterocycles. The average Bonchev–Trinajstić information content (AvgIpc) is 2.94. The number of rotatable bonds is 5. The lowest BCUT2D eigenvalue weighted by molar-refractivity contribution is -0.385. The van der Waals surface area contributed by atoms with Gasteiger partial charge in [-0.05, 0) is 42.1 Å². The summed E-state index contributed by atoms with van der Waals surface area (Å²) in [6, 6.07) is 9.02. The molecule has 0 aromatic heterocycles. The first kappa shape index (κ1) is 20.1. The second kappa shape index (κ2) is 8.16. The lowest BCUT2D eigenvalue weighted by Crippen LogP contribution is -2.22. The Hall–Kier alpha value is -3.64. The van der Waals surface area contributed by atoms with E-state index in [0.717, 1.165) is 41.2 Å². The molecule has 1 amide bonds. The van der Waals surface area contributed by atoms with E-state index in [-0.39, 0.29) is 31.9 Å². The first-order valence-electron chi connectivity index (χ1n) is 7.80. The minimum Gasteiger partial charge on any atom is -0.507 e. The van der Waals surface area contributed by atoms with Crippen molar-refractivity contribution in [1.29, 1.82) is 0 Å². The van der Waals surface area contributed by atoms with Gasteiger partial charge >= 0.3 is 0 Å². The number of hydrogen-bond donors (Lipinski definition) is 1. The van der Waals surface area contributed by atoms with Gasteiger partial charge in [0, 0.05) is 29.8 Å². The summed E-state index contributed by atoms with van der Waals surface area (Å²) in [6.45, 7) is 0. The topological polar surface area (TPSA) is 139 Å². The summed E-state index contributed by atoms with van der Waals surface area (Å²) in [4.78, 5) is 33.2. The molecule has 0 unspecified atom stereocenters. The Morgan fingerprint density at radius 1 is 1.07 bits per heavy atom. The molecule has 0 bridgehead atoms. The minimum atomic E-state index is -0.622. The van der Waals surface area contributed by atoms with Gasteiger partial charge in [0.1, 0.15) is 5.75 Å². The maximum absolute atomic E-state index is 12.5. The first-order chi connectivity index (χ1) is 13.8. The lowest BCUT2D eigenvalue weighted by atomic mass is 10.2. The van der Waals surface area contributed by atoms with Crippen LogP contribution >= 0.6 is 24.0 Å². The quantitative estimate of drug-likeness (QED) is 0.250. The Balaban J connectivity index is 1.82. The Morgan fingerprint density at radius 3 is 2.31 bits per heavy atom. The fraction of sp³-hybridized carbons (Fsp3) is 0. The molecule has 1 fully saturated rings. The average molecular weight is 430 g/mol. The highest BCUT2D eigenvalue weighted by atomic mass is 32.2.